The van der Waals surface area contributed by atoms with Crippen LogP contribution in [0, 0.1) is 19.7 Å². The molecule has 0 aromatic heterocycles. The Morgan fingerprint density at radius 3 is 2.45 bits per heavy atom. The van der Waals surface area contributed by atoms with Crippen LogP contribution in [0.1, 0.15) is 18.1 Å². The first-order chi connectivity index (χ1) is 10.4. The first kappa shape index (κ1) is 16.3. The van der Waals surface area contributed by atoms with E-state index in [2.05, 4.69) is 10.6 Å². The van der Waals surface area contributed by atoms with Crippen molar-refractivity contribution >= 4 is 28.9 Å². The molecule has 0 fully saturated rings. The number of benzene rings is 2. The molecule has 0 saturated heterocycles. The fourth-order valence-electron chi connectivity index (χ4n) is 2.11. The highest BCUT2D eigenvalue weighted by atomic mass is 35.5. The highest BCUT2D eigenvalue weighted by molar-refractivity contribution is 6.33. The molecule has 0 saturated carbocycles. The molecule has 2 N–H and O–H groups in total. The average Bonchev–Trinajstić information content (AvgIpc) is 2.44. The molecule has 0 aliphatic rings. The third-order valence-corrected chi connectivity index (χ3v) is 3.65. The maximum Gasteiger partial charge on any atom is 0.246 e. The molecule has 5 heteroatoms. The molecule has 0 aliphatic heterocycles. The van der Waals surface area contributed by atoms with Crippen LogP contribution in [0.25, 0.3) is 0 Å². The fourth-order valence-corrected chi connectivity index (χ4v) is 2.32. The van der Waals surface area contributed by atoms with E-state index in [4.69, 9.17) is 11.6 Å². The van der Waals surface area contributed by atoms with Gasteiger partial charge in [0.15, 0.2) is 0 Å². The summed E-state index contributed by atoms with van der Waals surface area (Å²) in [5.74, 6) is -0.682. The van der Waals surface area contributed by atoms with Gasteiger partial charge in [-0.1, -0.05) is 29.3 Å². The molecule has 0 radical (unpaired) electrons. The van der Waals surface area contributed by atoms with E-state index in [9.17, 15) is 9.18 Å². The first-order valence-electron chi connectivity index (χ1n) is 6.96. The van der Waals surface area contributed by atoms with E-state index in [1.807, 2.05) is 32.0 Å². The lowest BCUT2D eigenvalue weighted by atomic mass is 10.1. The quantitative estimate of drug-likeness (QED) is 0.868. The summed E-state index contributed by atoms with van der Waals surface area (Å²) >= 11 is 5.91. The molecule has 0 aliphatic carbocycles. The van der Waals surface area contributed by atoms with Crippen molar-refractivity contribution in [2.24, 2.45) is 0 Å². The topological polar surface area (TPSA) is 41.1 Å². The van der Waals surface area contributed by atoms with Crippen molar-refractivity contribution in [1.29, 1.82) is 0 Å². The van der Waals surface area contributed by atoms with Gasteiger partial charge in [-0.15, -0.1) is 0 Å². The Kier molecular flexibility index (Phi) is 5.03. The molecule has 2 aromatic rings. The monoisotopic (exact) mass is 320 g/mol. The minimum atomic E-state index is -0.456. The van der Waals surface area contributed by atoms with Crippen molar-refractivity contribution in [2.75, 3.05) is 10.6 Å². The zero-order valence-electron chi connectivity index (χ0n) is 12.7. The maximum absolute atomic E-state index is 13.0. The Hall–Kier alpha value is -2.07. The minimum absolute atomic E-state index is 0.173. The van der Waals surface area contributed by atoms with Crippen LogP contribution in [-0.4, -0.2) is 11.9 Å². The lowest BCUT2D eigenvalue weighted by Crippen LogP contribution is -2.32. The van der Waals surface area contributed by atoms with Gasteiger partial charge in [-0.25, -0.2) is 4.39 Å². The van der Waals surface area contributed by atoms with Gasteiger partial charge in [0, 0.05) is 5.69 Å². The van der Waals surface area contributed by atoms with Crippen LogP contribution >= 0.6 is 11.6 Å². The highest BCUT2D eigenvalue weighted by Gasteiger charge is 2.15. The second-order valence-electron chi connectivity index (χ2n) is 5.30. The molecular formula is C17H18ClFN2O. The van der Waals surface area contributed by atoms with E-state index in [-0.39, 0.29) is 10.9 Å². The van der Waals surface area contributed by atoms with Crippen LogP contribution in [0.3, 0.4) is 0 Å². The molecule has 2 aromatic carbocycles. The van der Waals surface area contributed by atoms with Crippen molar-refractivity contribution in [3.8, 4) is 0 Å². The van der Waals surface area contributed by atoms with Crippen molar-refractivity contribution < 1.29 is 9.18 Å². The van der Waals surface area contributed by atoms with Crippen molar-refractivity contribution in [1.82, 2.24) is 0 Å². The first-order valence-corrected chi connectivity index (χ1v) is 7.34. The fraction of sp³-hybridized carbons (Fsp3) is 0.235. The number of anilines is 2. The van der Waals surface area contributed by atoms with Gasteiger partial charge in [-0.2, -0.15) is 0 Å². The second-order valence-corrected chi connectivity index (χ2v) is 5.71. The van der Waals surface area contributed by atoms with Gasteiger partial charge in [0.25, 0.3) is 0 Å². The number of carbonyl (C=O) groups is 1. The molecule has 1 atom stereocenters. The lowest BCUT2D eigenvalue weighted by molar-refractivity contribution is -0.116. The predicted octanol–water partition coefficient (Wildman–Crippen LogP) is 4.54. The smallest absolute Gasteiger partial charge is 0.246 e. The number of nitrogens with one attached hydrogen (secondary N) is 2. The summed E-state index contributed by atoms with van der Waals surface area (Å²) in [4.78, 5) is 12.2. The summed E-state index contributed by atoms with van der Waals surface area (Å²) in [6, 6.07) is 9.38. The number of aryl methyl sites for hydroxylation is 2. The lowest BCUT2D eigenvalue weighted by Gasteiger charge is -2.17. The van der Waals surface area contributed by atoms with Crippen molar-refractivity contribution in [3.63, 3.8) is 0 Å². The van der Waals surface area contributed by atoms with Gasteiger partial charge in [0.2, 0.25) is 5.91 Å². The van der Waals surface area contributed by atoms with Crippen LogP contribution in [0.5, 0.6) is 0 Å². The summed E-state index contributed by atoms with van der Waals surface area (Å²) in [6.07, 6.45) is 0. The minimum Gasteiger partial charge on any atom is -0.374 e. The normalized spacial score (nSPS) is 11.9. The summed E-state index contributed by atoms with van der Waals surface area (Å²) < 4.78 is 13.0. The molecule has 116 valence electrons. The van der Waals surface area contributed by atoms with Gasteiger partial charge in [-0.3, -0.25) is 4.79 Å². The third-order valence-electron chi connectivity index (χ3n) is 3.34. The van der Waals surface area contributed by atoms with Crippen LogP contribution in [-0.2, 0) is 4.79 Å². The number of carbonyl (C=O) groups excluding carboxylic acids is 1. The van der Waals surface area contributed by atoms with E-state index in [1.165, 1.54) is 23.8 Å². The summed E-state index contributed by atoms with van der Waals surface area (Å²) in [5.41, 5.74) is 3.53. The summed E-state index contributed by atoms with van der Waals surface area (Å²) in [5, 5.41) is 6.02. The standard InChI is InChI=1S/C17H18ClFN2O/c1-10-4-6-15(11(2)8-10)20-12(3)17(22)21-16-7-5-13(19)9-14(16)18/h4-9,12,20H,1-3H3,(H,21,22)/t12-/m1/s1. The van der Waals surface area contributed by atoms with Gasteiger partial charge in [0.05, 0.1) is 10.7 Å². The van der Waals surface area contributed by atoms with Crippen LogP contribution in [0.4, 0.5) is 15.8 Å². The number of halogens is 2. The van der Waals surface area contributed by atoms with E-state index in [0.717, 1.165) is 11.3 Å². The van der Waals surface area contributed by atoms with Crippen LogP contribution in [0.2, 0.25) is 5.02 Å². The predicted molar refractivity (Wildman–Crippen MR) is 89.0 cm³/mol. The number of hydrogen-bond acceptors (Lipinski definition) is 2. The summed E-state index contributed by atoms with van der Waals surface area (Å²) in [6.45, 7) is 5.76. The van der Waals surface area contributed by atoms with E-state index >= 15 is 0 Å². The van der Waals surface area contributed by atoms with E-state index < -0.39 is 11.9 Å². The van der Waals surface area contributed by atoms with Gasteiger partial charge in [-0.05, 0) is 50.6 Å². The molecule has 0 unspecified atom stereocenters. The number of rotatable bonds is 4. The largest absolute Gasteiger partial charge is 0.374 e. The molecule has 1 amide bonds. The van der Waals surface area contributed by atoms with Gasteiger partial charge in [0.1, 0.15) is 11.9 Å². The highest BCUT2D eigenvalue weighted by Crippen LogP contribution is 2.23. The Morgan fingerprint density at radius 1 is 1.14 bits per heavy atom. The molecule has 22 heavy (non-hydrogen) atoms. The van der Waals surface area contributed by atoms with Crippen molar-refractivity contribution in [3.05, 3.63) is 58.4 Å². The maximum atomic E-state index is 13.0. The Labute approximate surface area is 134 Å². The van der Waals surface area contributed by atoms with Crippen LogP contribution < -0.4 is 10.6 Å². The van der Waals surface area contributed by atoms with Crippen molar-refractivity contribution in [2.45, 2.75) is 26.8 Å². The number of hydrogen-bond donors (Lipinski definition) is 2. The van der Waals surface area contributed by atoms with E-state index in [1.54, 1.807) is 6.92 Å². The zero-order chi connectivity index (χ0) is 16.3. The molecule has 2 rings (SSSR count). The second kappa shape index (κ2) is 6.79. The zero-order valence-corrected chi connectivity index (χ0v) is 13.5. The Morgan fingerprint density at radius 2 is 1.82 bits per heavy atom. The Balaban J connectivity index is 2.05. The van der Waals surface area contributed by atoms with E-state index in [0.29, 0.717) is 5.69 Å². The molecule has 0 spiro atoms. The third kappa shape index (κ3) is 3.98. The van der Waals surface area contributed by atoms with Gasteiger partial charge < -0.3 is 10.6 Å². The number of amides is 1. The molecule has 0 heterocycles. The van der Waals surface area contributed by atoms with Crippen LogP contribution in [0.15, 0.2) is 36.4 Å². The SMILES string of the molecule is Cc1ccc(N[C@H](C)C(=O)Nc2ccc(F)cc2Cl)c(C)c1. The average molecular weight is 321 g/mol. The Bertz CT molecular complexity index is 703. The molecular weight excluding hydrogens is 303 g/mol. The summed E-state index contributed by atoms with van der Waals surface area (Å²) in [7, 11) is 0. The molecule has 0 bridgehead atoms. The van der Waals surface area contributed by atoms with Gasteiger partial charge >= 0.3 is 0 Å². The molecule has 3 nitrogen and oxygen atoms in total.